The van der Waals surface area contributed by atoms with Gasteiger partial charge in [-0.3, -0.25) is 10.1 Å². The van der Waals surface area contributed by atoms with Crippen molar-refractivity contribution in [1.29, 1.82) is 0 Å². The molecule has 1 saturated heterocycles. The Balaban J connectivity index is 1.94. The maximum absolute atomic E-state index is 13.9. The quantitative estimate of drug-likeness (QED) is 0.841. The van der Waals surface area contributed by atoms with Crippen molar-refractivity contribution in [3.8, 4) is 0 Å². The fourth-order valence-corrected chi connectivity index (χ4v) is 3.52. The van der Waals surface area contributed by atoms with E-state index in [1.807, 2.05) is 0 Å². The molecule has 0 bridgehead atoms. The Morgan fingerprint density at radius 2 is 2.00 bits per heavy atom. The van der Waals surface area contributed by atoms with E-state index in [2.05, 4.69) is 21.2 Å². The van der Waals surface area contributed by atoms with E-state index in [1.54, 1.807) is 12.1 Å². The zero-order chi connectivity index (χ0) is 14.3. The van der Waals surface area contributed by atoms with Crippen molar-refractivity contribution < 1.29 is 14.0 Å². The second-order valence-electron chi connectivity index (χ2n) is 5.32. The minimum atomic E-state index is -0.772. The van der Waals surface area contributed by atoms with Crippen LogP contribution in [0, 0.1) is 5.82 Å². The van der Waals surface area contributed by atoms with Gasteiger partial charge in [0.15, 0.2) is 0 Å². The molecule has 1 heterocycles. The molecule has 1 saturated carbocycles. The number of amides is 3. The van der Waals surface area contributed by atoms with E-state index in [-0.39, 0.29) is 18.3 Å². The first-order valence-corrected chi connectivity index (χ1v) is 7.39. The third kappa shape index (κ3) is 2.02. The maximum atomic E-state index is 13.9. The summed E-state index contributed by atoms with van der Waals surface area (Å²) in [5.41, 5.74) is -0.359. The van der Waals surface area contributed by atoms with Gasteiger partial charge in [0.2, 0.25) is 0 Å². The lowest BCUT2D eigenvalue weighted by atomic mass is 9.95. The van der Waals surface area contributed by atoms with E-state index in [0.29, 0.717) is 18.4 Å². The molecule has 3 rings (SSSR count). The number of hydrogen-bond donors (Lipinski definition) is 1. The molecule has 0 atom stereocenters. The van der Waals surface area contributed by atoms with Gasteiger partial charge in [-0.2, -0.15) is 0 Å². The lowest BCUT2D eigenvalue weighted by Gasteiger charge is -2.31. The zero-order valence-electron chi connectivity index (χ0n) is 10.8. The predicted molar refractivity (Wildman–Crippen MR) is 74.4 cm³/mol. The Labute approximate surface area is 124 Å². The fraction of sp³-hybridized carbons (Fsp3) is 0.429. The molecule has 1 aliphatic carbocycles. The minimum Gasteiger partial charge on any atom is -0.305 e. The minimum absolute atomic E-state index is 0.114. The summed E-state index contributed by atoms with van der Waals surface area (Å²) in [5.74, 6) is -0.607. The van der Waals surface area contributed by atoms with Gasteiger partial charge in [-0.05, 0) is 31.0 Å². The summed E-state index contributed by atoms with van der Waals surface area (Å²) >= 11 is 3.30. The summed E-state index contributed by atoms with van der Waals surface area (Å²) in [6.07, 6.45) is 3.14. The van der Waals surface area contributed by atoms with Crippen LogP contribution in [0.3, 0.4) is 0 Å². The van der Waals surface area contributed by atoms with Crippen LogP contribution in [0.15, 0.2) is 22.7 Å². The zero-order valence-corrected chi connectivity index (χ0v) is 12.4. The number of benzene rings is 1. The first-order chi connectivity index (χ1) is 9.53. The monoisotopic (exact) mass is 340 g/mol. The van der Waals surface area contributed by atoms with Gasteiger partial charge in [-0.25, -0.2) is 9.18 Å². The summed E-state index contributed by atoms with van der Waals surface area (Å²) in [4.78, 5) is 25.6. The van der Waals surface area contributed by atoms with Crippen molar-refractivity contribution in [2.75, 3.05) is 0 Å². The summed E-state index contributed by atoms with van der Waals surface area (Å²) < 4.78 is 14.6. The highest BCUT2D eigenvalue weighted by Crippen LogP contribution is 2.39. The third-order valence-corrected chi connectivity index (χ3v) is 4.67. The maximum Gasteiger partial charge on any atom is 0.325 e. The molecule has 2 aliphatic rings. The van der Waals surface area contributed by atoms with Gasteiger partial charge in [0.05, 0.1) is 6.54 Å². The van der Waals surface area contributed by atoms with Gasteiger partial charge in [0.25, 0.3) is 5.91 Å². The van der Waals surface area contributed by atoms with Crippen LogP contribution in [0.1, 0.15) is 31.2 Å². The number of halogens is 2. The van der Waals surface area contributed by atoms with E-state index >= 15 is 0 Å². The van der Waals surface area contributed by atoms with Crippen LogP contribution >= 0.6 is 15.9 Å². The first kappa shape index (κ1) is 13.5. The molecule has 4 nitrogen and oxygen atoms in total. The van der Waals surface area contributed by atoms with Gasteiger partial charge in [-0.15, -0.1) is 0 Å². The van der Waals surface area contributed by atoms with Crippen LogP contribution in [0.25, 0.3) is 0 Å². The molecule has 0 unspecified atom stereocenters. The third-order valence-electron chi connectivity index (χ3n) is 4.17. The molecular weight excluding hydrogens is 327 g/mol. The number of carbonyl (C=O) groups is 2. The van der Waals surface area contributed by atoms with Gasteiger partial charge >= 0.3 is 6.03 Å². The molecule has 1 aromatic carbocycles. The highest BCUT2D eigenvalue weighted by atomic mass is 79.9. The van der Waals surface area contributed by atoms with Crippen molar-refractivity contribution in [3.63, 3.8) is 0 Å². The lowest BCUT2D eigenvalue weighted by molar-refractivity contribution is -0.126. The molecular formula is C14H14BrFN2O2. The van der Waals surface area contributed by atoms with Gasteiger partial charge in [0.1, 0.15) is 11.4 Å². The van der Waals surface area contributed by atoms with Crippen LogP contribution in [0.2, 0.25) is 0 Å². The Bertz CT molecular complexity index is 585. The molecule has 106 valence electrons. The van der Waals surface area contributed by atoms with Gasteiger partial charge < -0.3 is 4.90 Å². The number of nitrogens with zero attached hydrogens (tertiary/aromatic N) is 1. The normalized spacial score (nSPS) is 20.8. The molecule has 0 aromatic heterocycles. The molecule has 1 aliphatic heterocycles. The average molecular weight is 341 g/mol. The Morgan fingerprint density at radius 3 is 2.70 bits per heavy atom. The smallest absolute Gasteiger partial charge is 0.305 e. The Morgan fingerprint density at radius 1 is 1.30 bits per heavy atom. The van der Waals surface area contributed by atoms with Crippen LogP contribution in [0.4, 0.5) is 9.18 Å². The molecule has 2 fully saturated rings. The largest absolute Gasteiger partial charge is 0.325 e. The van der Waals surface area contributed by atoms with Crippen molar-refractivity contribution >= 4 is 27.9 Å². The summed E-state index contributed by atoms with van der Waals surface area (Å²) in [6, 6.07) is 4.19. The number of nitrogens with one attached hydrogen (secondary N) is 1. The van der Waals surface area contributed by atoms with E-state index in [0.717, 1.165) is 17.3 Å². The van der Waals surface area contributed by atoms with E-state index in [9.17, 15) is 14.0 Å². The molecule has 3 amide bonds. The van der Waals surface area contributed by atoms with E-state index in [4.69, 9.17) is 0 Å². The van der Waals surface area contributed by atoms with Crippen molar-refractivity contribution in [2.24, 2.45) is 0 Å². The first-order valence-electron chi connectivity index (χ1n) is 6.60. The van der Waals surface area contributed by atoms with Crippen molar-refractivity contribution in [3.05, 3.63) is 34.1 Å². The summed E-state index contributed by atoms with van der Waals surface area (Å²) in [5, 5.41) is 2.37. The number of hydrogen-bond acceptors (Lipinski definition) is 2. The Kier molecular flexibility index (Phi) is 3.28. The molecule has 0 radical (unpaired) electrons. The van der Waals surface area contributed by atoms with Crippen LogP contribution in [-0.2, 0) is 11.3 Å². The second kappa shape index (κ2) is 4.84. The van der Waals surface area contributed by atoms with Gasteiger partial charge in [0, 0.05) is 10.0 Å². The van der Waals surface area contributed by atoms with Crippen molar-refractivity contribution in [2.45, 2.75) is 37.8 Å². The molecule has 1 spiro atoms. The predicted octanol–water partition coefficient (Wildman–Crippen LogP) is 2.95. The van der Waals surface area contributed by atoms with E-state index < -0.39 is 11.6 Å². The summed E-state index contributed by atoms with van der Waals surface area (Å²) in [6.45, 7) is 0.114. The standard InChI is InChI=1S/C14H14BrFN2O2/c15-10-3-4-11(16)9(7-10)8-18-13(20)17-12(19)14(18)5-1-2-6-14/h3-4,7H,1-2,5-6,8H2,(H,17,19,20). The average Bonchev–Trinajstić information content (AvgIpc) is 2.97. The molecule has 20 heavy (non-hydrogen) atoms. The Hall–Kier alpha value is -1.43. The highest BCUT2D eigenvalue weighted by Gasteiger charge is 2.54. The lowest BCUT2D eigenvalue weighted by Crippen LogP contribution is -2.46. The number of carbonyl (C=O) groups excluding carboxylic acids is 2. The number of urea groups is 1. The van der Waals surface area contributed by atoms with Crippen LogP contribution in [0.5, 0.6) is 0 Å². The second-order valence-corrected chi connectivity index (χ2v) is 6.24. The van der Waals surface area contributed by atoms with Crippen LogP contribution in [-0.4, -0.2) is 22.4 Å². The van der Waals surface area contributed by atoms with E-state index in [1.165, 1.54) is 11.0 Å². The highest BCUT2D eigenvalue weighted by molar-refractivity contribution is 9.10. The number of rotatable bonds is 2. The fourth-order valence-electron chi connectivity index (χ4n) is 3.11. The van der Waals surface area contributed by atoms with Gasteiger partial charge in [-0.1, -0.05) is 28.8 Å². The van der Waals surface area contributed by atoms with Crippen LogP contribution < -0.4 is 5.32 Å². The van der Waals surface area contributed by atoms with Crippen molar-refractivity contribution in [1.82, 2.24) is 10.2 Å². The number of imide groups is 1. The molecule has 1 N–H and O–H groups in total. The summed E-state index contributed by atoms with van der Waals surface area (Å²) in [7, 11) is 0. The molecule has 6 heteroatoms. The SMILES string of the molecule is O=C1NC(=O)C2(CCCC2)N1Cc1cc(Br)ccc1F. The molecule has 1 aromatic rings. The topological polar surface area (TPSA) is 49.4 Å².